The Bertz CT molecular complexity index is 551. The maximum Gasteiger partial charge on any atom is 0.162 e. The molecule has 4 nitrogen and oxygen atoms in total. The fourth-order valence-electron chi connectivity index (χ4n) is 3.98. The average Bonchev–Trinajstić information content (AvgIpc) is 3.10. The molecule has 2 N–H and O–H groups in total. The zero-order valence-corrected chi connectivity index (χ0v) is 13.7. The van der Waals surface area contributed by atoms with Crippen LogP contribution in [0.25, 0.3) is 0 Å². The summed E-state index contributed by atoms with van der Waals surface area (Å²) in [6.45, 7) is 5.06. The Hall–Kier alpha value is -1.23. The molecule has 1 saturated carbocycles. The molecule has 3 rings (SSSR count). The van der Waals surface area contributed by atoms with Crippen LogP contribution in [0.15, 0.2) is 0 Å². The molecule has 0 radical (unpaired) electrons. The van der Waals surface area contributed by atoms with Gasteiger partial charge in [-0.2, -0.15) is 5.10 Å². The molecule has 1 saturated heterocycles. The van der Waals surface area contributed by atoms with Crippen LogP contribution in [0.4, 0.5) is 5.82 Å². The molecule has 2 heterocycles. The summed E-state index contributed by atoms with van der Waals surface area (Å²) >= 11 is 5.29. The number of rotatable bonds is 3. The minimum absolute atomic E-state index is 0.442. The zero-order chi connectivity index (χ0) is 15.0. The number of anilines is 1. The Morgan fingerprint density at radius 2 is 1.86 bits per heavy atom. The van der Waals surface area contributed by atoms with Crippen molar-refractivity contribution in [3.05, 3.63) is 16.8 Å². The number of nitrogens with two attached hydrogens (primary N) is 1. The molecule has 1 aromatic heterocycles. The summed E-state index contributed by atoms with van der Waals surface area (Å²) in [5.74, 6) is 1.72. The van der Waals surface area contributed by atoms with Crippen LogP contribution in [0, 0.1) is 19.8 Å². The summed E-state index contributed by atoms with van der Waals surface area (Å²) in [6, 6.07) is 0.594. The van der Waals surface area contributed by atoms with Crippen LogP contribution in [0.5, 0.6) is 0 Å². The summed E-state index contributed by atoms with van der Waals surface area (Å²) in [5, 5.41) is 8.79. The van der Waals surface area contributed by atoms with Gasteiger partial charge in [-0.3, -0.25) is 0 Å². The standard InChI is InChI=1S/C16H24N4S/c1-10-11(2)18-19-16(14(10)15(17)21)20-9-5-8-13(20)12-6-3-4-7-12/h12-13H,3-9H2,1-2H3,(H2,17,21). The van der Waals surface area contributed by atoms with Gasteiger partial charge in [-0.1, -0.05) is 25.1 Å². The number of hydrogen-bond acceptors (Lipinski definition) is 4. The first-order chi connectivity index (χ1) is 10.1. The van der Waals surface area contributed by atoms with Gasteiger partial charge in [-0.25, -0.2) is 0 Å². The predicted octanol–water partition coefficient (Wildman–Crippen LogP) is 2.89. The quantitative estimate of drug-likeness (QED) is 0.870. The van der Waals surface area contributed by atoms with Gasteiger partial charge in [-0.05, 0) is 51.0 Å². The van der Waals surface area contributed by atoms with Crippen molar-refractivity contribution in [3.8, 4) is 0 Å². The Morgan fingerprint density at radius 3 is 2.52 bits per heavy atom. The summed E-state index contributed by atoms with van der Waals surface area (Å²) in [4.78, 5) is 2.88. The van der Waals surface area contributed by atoms with Crippen molar-refractivity contribution in [2.24, 2.45) is 11.7 Å². The smallest absolute Gasteiger partial charge is 0.162 e. The van der Waals surface area contributed by atoms with Gasteiger partial charge in [0.1, 0.15) is 4.99 Å². The molecule has 0 bridgehead atoms. The van der Waals surface area contributed by atoms with Crippen LogP contribution in [0.2, 0.25) is 0 Å². The highest BCUT2D eigenvalue weighted by Crippen LogP contribution is 2.38. The van der Waals surface area contributed by atoms with Crippen LogP contribution in [-0.2, 0) is 0 Å². The minimum Gasteiger partial charge on any atom is -0.389 e. The summed E-state index contributed by atoms with van der Waals surface area (Å²) in [6.07, 6.45) is 7.93. The molecular formula is C16H24N4S. The first kappa shape index (κ1) is 14.7. The van der Waals surface area contributed by atoms with E-state index in [1.54, 1.807) is 0 Å². The molecule has 1 unspecified atom stereocenters. The van der Waals surface area contributed by atoms with E-state index in [0.717, 1.165) is 35.1 Å². The normalized spacial score (nSPS) is 23.0. The third kappa shape index (κ3) is 2.63. The van der Waals surface area contributed by atoms with Crippen molar-refractivity contribution in [2.45, 2.75) is 58.4 Å². The van der Waals surface area contributed by atoms with Crippen LogP contribution >= 0.6 is 12.2 Å². The van der Waals surface area contributed by atoms with Crippen LogP contribution in [0.1, 0.15) is 55.3 Å². The molecule has 1 aromatic rings. The van der Waals surface area contributed by atoms with Crippen LogP contribution in [-0.4, -0.2) is 27.8 Å². The van der Waals surface area contributed by atoms with Crippen LogP contribution in [0.3, 0.4) is 0 Å². The Balaban J connectivity index is 1.99. The molecule has 5 heteroatoms. The first-order valence-electron chi connectivity index (χ1n) is 8.00. The molecule has 2 fully saturated rings. The molecule has 0 amide bonds. The minimum atomic E-state index is 0.442. The SMILES string of the molecule is Cc1nnc(N2CCCC2C2CCCC2)c(C(N)=S)c1C. The highest BCUT2D eigenvalue weighted by molar-refractivity contribution is 7.80. The van der Waals surface area contributed by atoms with E-state index in [9.17, 15) is 0 Å². The second-order valence-corrected chi connectivity index (χ2v) is 6.86. The van der Waals surface area contributed by atoms with E-state index >= 15 is 0 Å². The predicted molar refractivity (Wildman–Crippen MR) is 89.7 cm³/mol. The number of nitrogens with zero attached hydrogens (tertiary/aromatic N) is 3. The fourth-order valence-corrected chi connectivity index (χ4v) is 4.22. The lowest BCUT2D eigenvalue weighted by Gasteiger charge is -2.31. The van der Waals surface area contributed by atoms with Gasteiger partial charge in [0.25, 0.3) is 0 Å². The number of aromatic nitrogens is 2. The fraction of sp³-hybridized carbons (Fsp3) is 0.688. The highest BCUT2D eigenvalue weighted by atomic mass is 32.1. The summed E-state index contributed by atoms with van der Waals surface area (Å²) < 4.78 is 0. The Morgan fingerprint density at radius 1 is 1.14 bits per heavy atom. The maximum atomic E-state index is 5.99. The molecule has 21 heavy (non-hydrogen) atoms. The number of aryl methyl sites for hydroxylation is 1. The van der Waals surface area contributed by atoms with E-state index < -0.39 is 0 Å². The van der Waals surface area contributed by atoms with Gasteiger partial charge >= 0.3 is 0 Å². The second kappa shape index (κ2) is 5.87. The van der Waals surface area contributed by atoms with Crippen molar-refractivity contribution in [2.75, 3.05) is 11.4 Å². The van der Waals surface area contributed by atoms with Gasteiger partial charge in [-0.15, -0.1) is 5.10 Å². The van der Waals surface area contributed by atoms with E-state index in [-0.39, 0.29) is 0 Å². The third-order valence-electron chi connectivity index (χ3n) is 5.20. The monoisotopic (exact) mass is 304 g/mol. The topological polar surface area (TPSA) is 55.0 Å². The third-order valence-corrected chi connectivity index (χ3v) is 5.40. The Labute approximate surface area is 132 Å². The maximum absolute atomic E-state index is 5.99. The van der Waals surface area contributed by atoms with Crippen LogP contribution < -0.4 is 10.6 Å². The van der Waals surface area contributed by atoms with Gasteiger partial charge in [0.05, 0.1) is 11.3 Å². The van der Waals surface area contributed by atoms with Crippen molar-refractivity contribution >= 4 is 23.0 Å². The lowest BCUT2D eigenvalue weighted by atomic mass is 9.95. The number of thiocarbonyl (C=S) groups is 1. The van der Waals surface area contributed by atoms with E-state index in [0.29, 0.717) is 11.0 Å². The van der Waals surface area contributed by atoms with Crippen molar-refractivity contribution < 1.29 is 0 Å². The molecule has 2 aliphatic rings. The largest absolute Gasteiger partial charge is 0.389 e. The average molecular weight is 304 g/mol. The zero-order valence-electron chi connectivity index (χ0n) is 12.9. The lowest BCUT2D eigenvalue weighted by molar-refractivity contribution is 0.428. The second-order valence-electron chi connectivity index (χ2n) is 6.42. The first-order valence-corrected chi connectivity index (χ1v) is 8.40. The molecule has 0 aromatic carbocycles. The molecule has 0 spiro atoms. The summed E-state index contributed by atoms with van der Waals surface area (Å²) in [7, 11) is 0. The van der Waals surface area contributed by atoms with Crippen molar-refractivity contribution in [1.82, 2.24) is 10.2 Å². The molecule has 114 valence electrons. The molecule has 1 atom stereocenters. The van der Waals surface area contributed by atoms with Crippen molar-refractivity contribution in [3.63, 3.8) is 0 Å². The van der Waals surface area contributed by atoms with Gasteiger partial charge in [0.15, 0.2) is 5.82 Å². The van der Waals surface area contributed by atoms with Gasteiger partial charge in [0, 0.05) is 12.6 Å². The summed E-state index contributed by atoms with van der Waals surface area (Å²) in [5.41, 5.74) is 8.91. The molecule has 1 aliphatic carbocycles. The molecule has 1 aliphatic heterocycles. The van der Waals surface area contributed by atoms with E-state index in [1.807, 2.05) is 13.8 Å². The number of hydrogen-bond donors (Lipinski definition) is 1. The van der Waals surface area contributed by atoms with E-state index in [1.165, 1.54) is 38.5 Å². The Kier molecular flexibility index (Phi) is 4.11. The van der Waals surface area contributed by atoms with E-state index in [4.69, 9.17) is 18.0 Å². The van der Waals surface area contributed by atoms with E-state index in [2.05, 4.69) is 15.1 Å². The highest BCUT2D eigenvalue weighted by Gasteiger charge is 2.35. The van der Waals surface area contributed by atoms with Crippen molar-refractivity contribution in [1.29, 1.82) is 0 Å². The molecular weight excluding hydrogens is 280 g/mol. The lowest BCUT2D eigenvalue weighted by Crippen LogP contribution is -2.37. The van der Waals surface area contributed by atoms with Gasteiger partial charge in [0.2, 0.25) is 0 Å². The van der Waals surface area contributed by atoms with Gasteiger partial charge < -0.3 is 10.6 Å².